The number of amides is 4. The molecule has 0 aliphatic carbocycles. The standard InChI is InChI=1S/C26H22ClN3O5/c1-14-11-18(16(3)29(14)19-8-5-7-17(12-19)25(33)35-4)13-20-23(31)28-26(34)30(24(20)32)22-10-6-9-21(27)15(22)2/h5-13H,1-4H3,(H,28,31,34)/b20-13+. The number of halogens is 1. The molecule has 0 spiro atoms. The van der Waals surface area contributed by atoms with Crippen LogP contribution in [0.25, 0.3) is 11.8 Å². The first kappa shape index (κ1) is 24.0. The maximum atomic E-state index is 13.3. The number of hydrogen-bond donors (Lipinski definition) is 1. The zero-order valence-corrected chi connectivity index (χ0v) is 20.3. The number of aryl methyl sites for hydroxylation is 1. The predicted octanol–water partition coefficient (Wildman–Crippen LogP) is 4.51. The molecule has 1 aliphatic rings. The molecule has 1 saturated heterocycles. The summed E-state index contributed by atoms with van der Waals surface area (Å²) in [5.74, 6) is -1.99. The number of nitrogens with one attached hydrogen (secondary N) is 1. The van der Waals surface area contributed by atoms with E-state index in [1.165, 1.54) is 13.2 Å². The van der Waals surface area contributed by atoms with Crippen LogP contribution in [0.3, 0.4) is 0 Å². The van der Waals surface area contributed by atoms with Crippen molar-refractivity contribution in [2.24, 2.45) is 0 Å². The lowest BCUT2D eigenvalue weighted by molar-refractivity contribution is -0.122. The van der Waals surface area contributed by atoms with Gasteiger partial charge in [0.1, 0.15) is 5.57 Å². The van der Waals surface area contributed by atoms with E-state index in [1.807, 2.05) is 30.5 Å². The molecule has 1 aromatic heterocycles. The van der Waals surface area contributed by atoms with E-state index in [0.29, 0.717) is 27.4 Å². The van der Waals surface area contributed by atoms with E-state index < -0.39 is 23.8 Å². The maximum absolute atomic E-state index is 13.3. The van der Waals surface area contributed by atoms with Gasteiger partial charge < -0.3 is 9.30 Å². The molecule has 9 heteroatoms. The molecule has 4 rings (SSSR count). The number of imide groups is 2. The molecule has 35 heavy (non-hydrogen) atoms. The van der Waals surface area contributed by atoms with Crippen LogP contribution in [0.4, 0.5) is 10.5 Å². The van der Waals surface area contributed by atoms with Gasteiger partial charge in [-0.1, -0.05) is 23.7 Å². The topological polar surface area (TPSA) is 97.7 Å². The van der Waals surface area contributed by atoms with Crippen molar-refractivity contribution in [3.05, 3.63) is 87.2 Å². The lowest BCUT2D eigenvalue weighted by atomic mass is 10.1. The fraction of sp³-hybridized carbons (Fsp3) is 0.154. The summed E-state index contributed by atoms with van der Waals surface area (Å²) in [5.41, 5.74) is 3.93. The number of urea groups is 1. The lowest BCUT2D eigenvalue weighted by Crippen LogP contribution is -2.54. The molecule has 1 fully saturated rings. The van der Waals surface area contributed by atoms with Gasteiger partial charge in [-0.2, -0.15) is 0 Å². The Morgan fingerprint density at radius 2 is 1.74 bits per heavy atom. The third-order valence-electron chi connectivity index (χ3n) is 5.88. The van der Waals surface area contributed by atoms with Gasteiger partial charge in [0.05, 0.1) is 18.4 Å². The number of nitrogens with zero attached hydrogens (tertiary/aromatic N) is 2. The van der Waals surface area contributed by atoms with Crippen molar-refractivity contribution in [3.8, 4) is 5.69 Å². The van der Waals surface area contributed by atoms with Gasteiger partial charge in [-0.15, -0.1) is 0 Å². The van der Waals surface area contributed by atoms with Crippen molar-refractivity contribution in [1.82, 2.24) is 9.88 Å². The highest BCUT2D eigenvalue weighted by Crippen LogP contribution is 2.30. The molecular formula is C26H22ClN3O5. The number of aromatic nitrogens is 1. The van der Waals surface area contributed by atoms with Crippen LogP contribution in [0.5, 0.6) is 0 Å². The molecule has 178 valence electrons. The monoisotopic (exact) mass is 491 g/mol. The number of carbonyl (C=O) groups excluding carboxylic acids is 4. The molecule has 0 unspecified atom stereocenters. The van der Waals surface area contributed by atoms with Gasteiger partial charge in [0, 0.05) is 22.1 Å². The molecule has 2 heterocycles. The van der Waals surface area contributed by atoms with Crippen molar-refractivity contribution in [3.63, 3.8) is 0 Å². The molecule has 4 amide bonds. The quantitative estimate of drug-likeness (QED) is 0.329. The van der Waals surface area contributed by atoms with Crippen molar-refractivity contribution in [1.29, 1.82) is 0 Å². The molecule has 2 aromatic carbocycles. The second-order valence-corrected chi connectivity index (χ2v) is 8.45. The summed E-state index contributed by atoms with van der Waals surface area (Å²) < 4.78 is 6.70. The van der Waals surface area contributed by atoms with Crippen molar-refractivity contribution in [2.75, 3.05) is 12.0 Å². The van der Waals surface area contributed by atoms with Crippen LogP contribution in [0.15, 0.2) is 54.1 Å². The Labute approximate surface area is 206 Å². The zero-order chi connectivity index (χ0) is 25.4. The average Bonchev–Trinajstić information content (AvgIpc) is 3.11. The van der Waals surface area contributed by atoms with Crippen LogP contribution in [0, 0.1) is 20.8 Å². The second-order valence-electron chi connectivity index (χ2n) is 8.05. The molecular weight excluding hydrogens is 470 g/mol. The summed E-state index contributed by atoms with van der Waals surface area (Å²) in [6, 6.07) is 12.8. The number of methoxy groups -OCH3 is 1. The van der Waals surface area contributed by atoms with Gasteiger partial charge in [-0.05, 0) is 74.4 Å². The van der Waals surface area contributed by atoms with Gasteiger partial charge in [0.15, 0.2) is 0 Å². The number of esters is 1. The molecule has 8 nitrogen and oxygen atoms in total. The van der Waals surface area contributed by atoms with Crippen LogP contribution in [-0.2, 0) is 14.3 Å². The molecule has 0 bridgehead atoms. The molecule has 1 N–H and O–H groups in total. The highest BCUT2D eigenvalue weighted by Gasteiger charge is 2.37. The number of hydrogen-bond acceptors (Lipinski definition) is 5. The SMILES string of the molecule is COC(=O)c1cccc(-n2c(C)cc(/C=C3\C(=O)NC(=O)N(c4cccc(Cl)c4C)C3=O)c2C)c1. The fourth-order valence-corrected chi connectivity index (χ4v) is 4.26. The highest BCUT2D eigenvalue weighted by molar-refractivity contribution is 6.40. The molecule has 1 aliphatic heterocycles. The average molecular weight is 492 g/mol. The maximum Gasteiger partial charge on any atom is 0.337 e. The Morgan fingerprint density at radius 1 is 1.03 bits per heavy atom. The number of benzene rings is 2. The first-order valence-corrected chi connectivity index (χ1v) is 11.1. The molecule has 3 aromatic rings. The number of anilines is 1. The van der Waals surface area contributed by atoms with Crippen LogP contribution >= 0.6 is 11.6 Å². The number of barbiturate groups is 1. The first-order chi connectivity index (χ1) is 16.6. The summed E-state index contributed by atoms with van der Waals surface area (Å²) in [6.07, 6.45) is 1.46. The first-order valence-electron chi connectivity index (χ1n) is 10.7. The normalized spacial score (nSPS) is 14.9. The summed E-state index contributed by atoms with van der Waals surface area (Å²) in [7, 11) is 1.32. The van der Waals surface area contributed by atoms with Crippen molar-refractivity contribution < 1.29 is 23.9 Å². The fourth-order valence-electron chi connectivity index (χ4n) is 4.09. The van der Waals surface area contributed by atoms with Gasteiger partial charge in [0.25, 0.3) is 11.8 Å². The minimum Gasteiger partial charge on any atom is -0.465 e. The van der Waals surface area contributed by atoms with E-state index in [4.69, 9.17) is 16.3 Å². The Balaban J connectivity index is 1.77. The largest absolute Gasteiger partial charge is 0.465 e. The number of carbonyl (C=O) groups is 4. The van der Waals surface area contributed by atoms with E-state index in [9.17, 15) is 19.2 Å². The van der Waals surface area contributed by atoms with E-state index in [2.05, 4.69) is 5.32 Å². The van der Waals surface area contributed by atoms with E-state index in [1.54, 1.807) is 43.3 Å². The predicted molar refractivity (Wildman–Crippen MR) is 132 cm³/mol. The third kappa shape index (κ3) is 4.24. The van der Waals surface area contributed by atoms with Crippen LogP contribution in [0.2, 0.25) is 5.02 Å². The van der Waals surface area contributed by atoms with E-state index in [0.717, 1.165) is 22.0 Å². The van der Waals surface area contributed by atoms with Gasteiger partial charge in [-0.25, -0.2) is 14.5 Å². The van der Waals surface area contributed by atoms with E-state index >= 15 is 0 Å². The van der Waals surface area contributed by atoms with Crippen LogP contribution < -0.4 is 10.2 Å². The minimum absolute atomic E-state index is 0.187. The Hall–Kier alpha value is -4.17. The molecule has 0 radical (unpaired) electrons. The van der Waals surface area contributed by atoms with E-state index in [-0.39, 0.29) is 5.57 Å². The molecule has 0 saturated carbocycles. The summed E-state index contributed by atoms with van der Waals surface area (Å²) in [5, 5.41) is 2.62. The zero-order valence-electron chi connectivity index (χ0n) is 19.5. The Kier molecular flexibility index (Phi) is 6.32. The van der Waals surface area contributed by atoms with Crippen LogP contribution in [-0.4, -0.2) is 35.5 Å². The lowest BCUT2D eigenvalue weighted by Gasteiger charge is -2.27. The summed E-state index contributed by atoms with van der Waals surface area (Å²) in [4.78, 5) is 51.4. The highest BCUT2D eigenvalue weighted by atomic mass is 35.5. The minimum atomic E-state index is -0.840. The smallest absolute Gasteiger partial charge is 0.337 e. The Bertz CT molecular complexity index is 1440. The summed E-state index contributed by atoms with van der Waals surface area (Å²) in [6.45, 7) is 5.39. The number of rotatable bonds is 4. The van der Waals surface area contributed by atoms with Gasteiger partial charge >= 0.3 is 12.0 Å². The van der Waals surface area contributed by atoms with Crippen molar-refractivity contribution >= 4 is 47.2 Å². The van der Waals surface area contributed by atoms with Gasteiger partial charge in [0.2, 0.25) is 0 Å². The molecule has 0 atom stereocenters. The Morgan fingerprint density at radius 3 is 2.46 bits per heavy atom. The number of ether oxygens (including phenoxy) is 1. The van der Waals surface area contributed by atoms with Crippen molar-refractivity contribution in [2.45, 2.75) is 20.8 Å². The second kappa shape index (κ2) is 9.23. The van der Waals surface area contributed by atoms with Crippen LogP contribution in [0.1, 0.15) is 32.9 Å². The van der Waals surface area contributed by atoms with Gasteiger partial charge in [-0.3, -0.25) is 14.9 Å². The summed E-state index contributed by atoms with van der Waals surface area (Å²) >= 11 is 6.18. The third-order valence-corrected chi connectivity index (χ3v) is 6.29.